The summed E-state index contributed by atoms with van der Waals surface area (Å²) in [6.07, 6.45) is 4.04. The fourth-order valence-corrected chi connectivity index (χ4v) is 1.06. The Labute approximate surface area is 81.1 Å². The number of aryl methyl sites for hydroxylation is 1. The standard InChI is InChI=1S/C10H11NO3/c1-2-11-6-5-8(7-9(11)12)3-4-10(13)14/h3-7H,2H2,1H3,(H,13,14)/b4-3+. The molecule has 0 atom stereocenters. The van der Waals surface area contributed by atoms with Gasteiger partial charge in [0, 0.05) is 24.9 Å². The summed E-state index contributed by atoms with van der Waals surface area (Å²) in [6.45, 7) is 2.48. The molecule has 1 N–H and O–H groups in total. The quantitative estimate of drug-likeness (QED) is 0.727. The van der Waals surface area contributed by atoms with Crippen LogP contribution in [0.5, 0.6) is 0 Å². The SMILES string of the molecule is CCn1ccc(/C=C/C(=O)O)cc1=O. The minimum Gasteiger partial charge on any atom is -0.478 e. The molecular weight excluding hydrogens is 182 g/mol. The van der Waals surface area contributed by atoms with Crippen LogP contribution < -0.4 is 5.56 Å². The molecule has 0 saturated carbocycles. The van der Waals surface area contributed by atoms with Gasteiger partial charge in [-0.3, -0.25) is 4.79 Å². The van der Waals surface area contributed by atoms with E-state index in [9.17, 15) is 9.59 Å². The smallest absolute Gasteiger partial charge is 0.328 e. The molecule has 4 nitrogen and oxygen atoms in total. The van der Waals surface area contributed by atoms with Crippen molar-refractivity contribution >= 4 is 12.0 Å². The van der Waals surface area contributed by atoms with Gasteiger partial charge in [0.25, 0.3) is 5.56 Å². The number of aliphatic carboxylic acids is 1. The van der Waals surface area contributed by atoms with Crippen LogP contribution >= 0.6 is 0 Å². The van der Waals surface area contributed by atoms with E-state index in [0.29, 0.717) is 12.1 Å². The van der Waals surface area contributed by atoms with Gasteiger partial charge in [0.05, 0.1) is 0 Å². The third kappa shape index (κ3) is 2.58. The number of carbonyl (C=O) groups is 1. The number of carboxylic acids is 1. The van der Waals surface area contributed by atoms with Crippen LogP contribution in [0.2, 0.25) is 0 Å². The second-order valence-corrected chi connectivity index (χ2v) is 2.76. The lowest BCUT2D eigenvalue weighted by Gasteiger charge is -2.00. The molecule has 1 rings (SSSR count). The molecule has 0 unspecified atom stereocenters. The van der Waals surface area contributed by atoms with Gasteiger partial charge in [-0.05, 0) is 24.6 Å². The summed E-state index contributed by atoms with van der Waals surface area (Å²) in [6, 6.07) is 3.10. The van der Waals surface area contributed by atoms with E-state index in [2.05, 4.69) is 0 Å². The van der Waals surface area contributed by atoms with Gasteiger partial charge in [0.1, 0.15) is 0 Å². The minimum absolute atomic E-state index is 0.125. The second kappa shape index (κ2) is 4.41. The Hall–Kier alpha value is -1.84. The number of hydrogen-bond donors (Lipinski definition) is 1. The molecule has 1 aromatic rings. The molecule has 0 aliphatic heterocycles. The van der Waals surface area contributed by atoms with Crippen molar-refractivity contribution < 1.29 is 9.90 Å². The largest absolute Gasteiger partial charge is 0.478 e. The van der Waals surface area contributed by atoms with Crippen molar-refractivity contribution in [2.45, 2.75) is 13.5 Å². The van der Waals surface area contributed by atoms with Crippen molar-refractivity contribution in [2.75, 3.05) is 0 Å². The molecule has 0 amide bonds. The minimum atomic E-state index is -1.02. The van der Waals surface area contributed by atoms with E-state index in [1.54, 1.807) is 12.3 Å². The summed E-state index contributed by atoms with van der Waals surface area (Å²) in [5.74, 6) is -1.02. The Balaban J connectivity index is 2.98. The van der Waals surface area contributed by atoms with Gasteiger partial charge in [-0.1, -0.05) is 0 Å². The maximum atomic E-state index is 11.3. The molecule has 0 fully saturated rings. The molecule has 74 valence electrons. The lowest BCUT2D eigenvalue weighted by Crippen LogP contribution is -2.17. The van der Waals surface area contributed by atoms with Gasteiger partial charge in [-0.2, -0.15) is 0 Å². The highest BCUT2D eigenvalue weighted by molar-refractivity contribution is 5.85. The highest BCUT2D eigenvalue weighted by Crippen LogP contribution is 1.97. The summed E-state index contributed by atoms with van der Waals surface area (Å²) >= 11 is 0. The molecule has 4 heteroatoms. The molecule has 14 heavy (non-hydrogen) atoms. The van der Waals surface area contributed by atoms with Gasteiger partial charge in [-0.15, -0.1) is 0 Å². The number of aromatic nitrogens is 1. The first-order chi connectivity index (χ1) is 6.63. The highest BCUT2D eigenvalue weighted by Gasteiger charge is 1.94. The molecule has 0 saturated heterocycles. The van der Waals surface area contributed by atoms with Crippen molar-refractivity contribution in [1.29, 1.82) is 0 Å². The average Bonchev–Trinajstić information content (AvgIpc) is 2.15. The van der Waals surface area contributed by atoms with E-state index in [1.165, 1.54) is 16.7 Å². The molecular formula is C10H11NO3. The molecule has 1 aromatic heterocycles. The van der Waals surface area contributed by atoms with Gasteiger partial charge in [0.15, 0.2) is 0 Å². The Bertz CT molecular complexity index is 418. The third-order valence-electron chi connectivity index (χ3n) is 1.78. The van der Waals surface area contributed by atoms with Crippen LogP contribution in [0.3, 0.4) is 0 Å². The summed E-state index contributed by atoms with van der Waals surface area (Å²) < 4.78 is 1.54. The first kappa shape index (κ1) is 10.2. The number of pyridine rings is 1. The Morgan fingerprint density at radius 2 is 2.36 bits per heavy atom. The fourth-order valence-electron chi connectivity index (χ4n) is 1.06. The van der Waals surface area contributed by atoms with Crippen molar-refractivity contribution in [1.82, 2.24) is 4.57 Å². The summed E-state index contributed by atoms with van der Waals surface area (Å²) in [5.41, 5.74) is 0.474. The van der Waals surface area contributed by atoms with Gasteiger partial charge < -0.3 is 9.67 Å². The van der Waals surface area contributed by atoms with Crippen LogP contribution in [0.15, 0.2) is 29.2 Å². The van der Waals surface area contributed by atoms with E-state index in [1.807, 2.05) is 6.92 Å². The molecule has 0 spiro atoms. The molecule has 0 aromatic carbocycles. The van der Waals surface area contributed by atoms with Crippen LogP contribution in [-0.2, 0) is 11.3 Å². The van der Waals surface area contributed by atoms with Crippen molar-refractivity contribution in [3.05, 3.63) is 40.3 Å². The monoisotopic (exact) mass is 193 g/mol. The van der Waals surface area contributed by atoms with Crippen LogP contribution in [0, 0.1) is 0 Å². The predicted octanol–water partition coefficient (Wildman–Crippen LogP) is 0.966. The lowest BCUT2D eigenvalue weighted by molar-refractivity contribution is -0.131. The Kier molecular flexibility index (Phi) is 3.23. The van der Waals surface area contributed by atoms with Crippen molar-refractivity contribution in [3.8, 4) is 0 Å². The van der Waals surface area contributed by atoms with Gasteiger partial charge >= 0.3 is 5.97 Å². The zero-order valence-corrected chi connectivity index (χ0v) is 7.80. The van der Waals surface area contributed by atoms with E-state index in [-0.39, 0.29) is 5.56 Å². The maximum absolute atomic E-state index is 11.3. The van der Waals surface area contributed by atoms with E-state index in [0.717, 1.165) is 6.08 Å². The Morgan fingerprint density at radius 3 is 2.86 bits per heavy atom. The van der Waals surface area contributed by atoms with Crippen LogP contribution in [0.25, 0.3) is 6.08 Å². The summed E-state index contributed by atoms with van der Waals surface area (Å²) in [7, 11) is 0. The Morgan fingerprint density at radius 1 is 1.64 bits per heavy atom. The van der Waals surface area contributed by atoms with E-state index < -0.39 is 5.97 Å². The summed E-state index contributed by atoms with van der Waals surface area (Å²) in [4.78, 5) is 21.5. The predicted molar refractivity (Wildman–Crippen MR) is 53.0 cm³/mol. The second-order valence-electron chi connectivity index (χ2n) is 2.76. The number of rotatable bonds is 3. The van der Waals surface area contributed by atoms with Crippen LogP contribution in [0.1, 0.15) is 12.5 Å². The van der Waals surface area contributed by atoms with E-state index >= 15 is 0 Å². The molecule has 0 radical (unpaired) electrons. The zero-order valence-electron chi connectivity index (χ0n) is 7.80. The maximum Gasteiger partial charge on any atom is 0.328 e. The van der Waals surface area contributed by atoms with Crippen LogP contribution in [0.4, 0.5) is 0 Å². The number of carboxylic acid groups (broad SMARTS) is 1. The molecule has 0 aliphatic rings. The topological polar surface area (TPSA) is 59.3 Å². The van der Waals surface area contributed by atoms with Crippen LogP contribution in [-0.4, -0.2) is 15.6 Å². The highest BCUT2D eigenvalue weighted by atomic mass is 16.4. The molecule has 0 bridgehead atoms. The number of nitrogens with zero attached hydrogens (tertiary/aromatic N) is 1. The van der Waals surface area contributed by atoms with Crippen molar-refractivity contribution in [3.63, 3.8) is 0 Å². The first-order valence-electron chi connectivity index (χ1n) is 4.25. The molecule has 0 aliphatic carbocycles. The molecule has 1 heterocycles. The lowest BCUT2D eigenvalue weighted by atomic mass is 10.2. The normalized spacial score (nSPS) is 10.6. The fraction of sp³-hybridized carbons (Fsp3) is 0.200. The van der Waals surface area contributed by atoms with Gasteiger partial charge in [0.2, 0.25) is 0 Å². The third-order valence-corrected chi connectivity index (χ3v) is 1.78. The zero-order chi connectivity index (χ0) is 10.6. The van der Waals surface area contributed by atoms with Gasteiger partial charge in [-0.25, -0.2) is 4.79 Å². The summed E-state index contributed by atoms with van der Waals surface area (Å²) in [5, 5.41) is 8.37. The first-order valence-corrected chi connectivity index (χ1v) is 4.25. The van der Waals surface area contributed by atoms with E-state index in [4.69, 9.17) is 5.11 Å². The van der Waals surface area contributed by atoms with Crippen molar-refractivity contribution in [2.24, 2.45) is 0 Å². The number of hydrogen-bond acceptors (Lipinski definition) is 2. The average molecular weight is 193 g/mol.